The number of nitrogens with zero attached hydrogens (tertiary/aromatic N) is 1. The van der Waals surface area contributed by atoms with Crippen molar-refractivity contribution in [2.24, 2.45) is 0 Å². The van der Waals surface area contributed by atoms with E-state index in [1.165, 1.54) is 5.56 Å². The van der Waals surface area contributed by atoms with Crippen LogP contribution >= 0.6 is 11.8 Å². The van der Waals surface area contributed by atoms with Gasteiger partial charge in [-0.05, 0) is 35.7 Å². The smallest absolute Gasteiger partial charge is 0.151 e. The standard InChI is InChI=1S/C15H15NOS/c1-11(2)13-4-6-14(7-5-13)18-15-8-3-12(10-17)9-16-15/h3-11H,1-2H3. The molecular formula is C15H15NOS. The largest absolute Gasteiger partial charge is 0.298 e. The van der Waals surface area contributed by atoms with E-state index in [0.717, 1.165) is 16.2 Å². The maximum absolute atomic E-state index is 10.5. The van der Waals surface area contributed by atoms with Gasteiger partial charge in [0.05, 0.1) is 0 Å². The highest BCUT2D eigenvalue weighted by Gasteiger charge is 2.01. The SMILES string of the molecule is CC(C)c1ccc(Sc2ccc(C=O)cn2)cc1. The third-order valence-electron chi connectivity index (χ3n) is 2.66. The number of aromatic nitrogens is 1. The molecule has 0 bridgehead atoms. The molecule has 0 saturated heterocycles. The predicted molar refractivity (Wildman–Crippen MR) is 74.3 cm³/mol. The third kappa shape index (κ3) is 3.20. The molecule has 0 radical (unpaired) electrons. The first-order valence-corrected chi connectivity index (χ1v) is 6.70. The van der Waals surface area contributed by atoms with E-state index in [9.17, 15) is 4.79 Å². The van der Waals surface area contributed by atoms with Crippen LogP contribution in [0.1, 0.15) is 35.7 Å². The van der Waals surface area contributed by atoms with Gasteiger partial charge in [-0.25, -0.2) is 4.98 Å². The zero-order valence-electron chi connectivity index (χ0n) is 10.5. The lowest BCUT2D eigenvalue weighted by molar-refractivity contribution is 0.112. The van der Waals surface area contributed by atoms with Crippen LogP contribution in [0.3, 0.4) is 0 Å². The fourth-order valence-corrected chi connectivity index (χ4v) is 2.32. The Morgan fingerprint density at radius 2 is 1.83 bits per heavy atom. The lowest BCUT2D eigenvalue weighted by atomic mass is 10.0. The Labute approximate surface area is 111 Å². The Morgan fingerprint density at radius 3 is 2.33 bits per heavy atom. The monoisotopic (exact) mass is 257 g/mol. The van der Waals surface area contributed by atoms with E-state index >= 15 is 0 Å². The van der Waals surface area contributed by atoms with Crippen molar-refractivity contribution in [1.29, 1.82) is 0 Å². The van der Waals surface area contributed by atoms with E-state index in [0.29, 0.717) is 11.5 Å². The molecule has 0 fully saturated rings. The summed E-state index contributed by atoms with van der Waals surface area (Å²) in [4.78, 5) is 15.9. The first-order chi connectivity index (χ1) is 8.69. The molecule has 3 heteroatoms. The van der Waals surface area contributed by atoms with Gasteiger partial charge >= 0.3 is 0 Å². The van der Waals surface area contributed by atoms with Crippen LogP contribution in [0, 0.1) is 0 Å². The minimum absolute atomic E-state index is 0.550. The summed E-state index contributed by atoms with van der Waals surface area (Å²) in [6.07, 6.45) is 2.40. The topological polar surface area (TPSA) is 30.0 Å². The van der Waals surface area contributed by atoms with Crippen LogP contribution in [0.15, 0.2) is 52.5 Å². The Balaban J connectivity index is 2.10. The minimum Gasteiger partial charge on any atom is -0.298 e. The summed E-state index contributed by atoms with van der Waals surface area (Å²) in [5, 5.41) is 0.901. The van der Waals surface area contributed by atoms with Crippen LogP contribution in [0.4, 0.5) is 0 Å². The predicted octanol–water partition coefficient (Wildman–Crippen LogP) is 4.17. The van der Waals surface area contributed by atoms with Crippen LogP contribution in [0.5, 0.6) is 0 Å². The van der Waals surface area contributed by atoms with Crippen molar-refractivity contribution in [2.75, 3.05) is 0 Å². The molecule has 0 aliphatic rings. The molecule has 18 heavy (non-hydrogen) atoms. The van der Waals surface area contributed by atoms with E-state index in [4.69, 9.17) is 0 Å². The molecule has 1 heterocycles. The molecular weight excluding hydrogens is 242 g/mol. The minimum atomic E-state index is 0.550. The molecule has 2 nitrogen and oxygen atoms in total. The fourth-order valence-electron chi connectivity index (χ4n) is 1.56. The van der Waals surface area contributed by atoms with Crippen molar-refractivity contribution in [3.8, 4) is 0 Å². The van der Waals surface area contributed by atoms with E-state index in [2.05, 4.69) is 43.1 Å². The zero-order valence-corrected chi connectivity index (χ0v) is 11.3. The van der Waals surface area contributed by atoms with Crippen molar-refractivity contribution >= 4 is 18.0 Å². The second-order valence-electron chi connectivity index (χ2n) is 4.37. The van der Waals surface area contributed by atoms with Gasteiger partial charge < -0.3 is 0 Å². The van der Waals surface area contributed by atoms with Gasteiger partial charge in [0.2, 0.25) is 0 Å². The quantitative estimate of drug-likeness (QED) is 0.770. The second-order valence-corrected chi connectivity index (χ2v) is 5.47. The number of pyridine rings is 1. The molecule has 92 valence electrons. The highest BCUT2D eigenvalue weighted by molar-refractivity contribution is 7.99. The molecule has 0 aliphatic carbocycles. The van der Waals surface area contributed by atoms with Crippen LogP contribution in [-0.2, 0) is 0 Å². The van der Waals surface area contributed by atoms with Gasteiger partial charge in [0, 0.05) is 16.7 Å². The summed E-state index contributed by atoms with van der Waals surface area (Å²) in [6.45, 7) is 4.36. The molecule has 0 unspecified atom stereocenters. The maximum Gasteiger partial charge on any atom is 0.151 e. The van der Waals surface area contributed by atoms with E-state index in [-0.39, 0.29) is 0 Å². The molecule has 0 aliphatic heterocycles. The zero-order chi connectivity index (χ0) is 13.0. The molecule has 0 spiro atoms. The lowest BCUT2D eigenvalue weighted by Gasteiger charge is -2.06. The van der Waals surface area contributed by atoms with Crippen molar-refractivity contribution < 1.29 is 4.79 Å². The van der Waals surface area contributed by atoms with Gasteiger partial charge in [0.15, 0.2) is 6.29 Å². The molecule has 0 saturated carbocycles. The summed E-state index contributed by atoms with van der Waals surface area (Å²) in [6, 6.07) is 12.2. The van der Waals surface area contributed by atoms with E-state index in [1.54, 1.807) is 24.0 Å². The number of carbonyl (C=O) groups is 1. The van der Waals surface area contributed by atoms with Crippen molar-refractivity contribution in [3.63, 3.8) is 0 Å². The molecule has 0 N–H and O–H groups in total. The van der Waals surface area contributed by atoms with Gasteiger partial charge in [-0.3, -0.25) is 4.79 Å². The fraction of sp³-hybridized carbons (Fsp3) is 0.200. The van der Waals surface area contributed by atoms with Gasteiger partial charge in [0.1, 0.15) is 5.03 Å². The Kier molecular flexibility index (Phi) is 4.15. The van der Waals surface area contributed by atoms with Crippen LogP contribution in [0.2, 0.25) is 0 Å². The third-order valence-corrected chi connectivity index (χ3v) is 3.62. The van der Waals surface area contributed by atoms with Crippen molar-refractivity contribution in [1.82, 2.24) is 4.98 Å². The summed E-state index contributed by atoms with van der Waals surface area (Å²) in [5.74, 6) is 0.550. The Hall–Kier alpha value is -1.61. The Morgan fingerprint density at radius 1 is 1.11 bits per heavy atom. The molecule has 2 rings (SSSR count). The number of hydrogen-bond acceptors (Lipinski definition) is 3. The van der Waals surface area contributed by atoms with Crippen LogP contribution in [-0.4, -0.2) is 11.3 Å². The van der Waals surface area contributed by atoms with Gasteiger partial charge in [-0.2, -0.15) is 0 Å². The number of rotatable bonds is 4. The van der Waals surface area contributed by atoms with Gasteiger partial charge in [-0.1, -0.05) is 37.7 Å². The Bertz CT molecular complexity index is 517. The molecule has 2 aromatic rings. The van der Waals surface area contributed by atoms with Crippen molar-refractivity contribution in [2.45, 2.75) is 29.7 Å². The normalized spacial score (nSPS) is 10.6. The molecule has 0 amide bonds. The molecule has 1 aromatic heterocycles. The number of hydrogen-bond donors (Lipinski definition) is 0. The summed E-state index contributed by atoms with van der Waals surface area (Å²) in [5.41, 5.74) is 1.94. The van der Waals surface area contributed by atoms with Gasteiger partial charge in [-0.15, -0.1) is 0 Å². The van der Waals surface area contributed by atoms with Gasteiger partial charge in [0.25, 0.3) is 0 Å². The summed E-state index contributed by atoms with van der Waals surface area (Å²) >= 11 is 1.60. The van der Waals surface area contributed by atoms with Crippen LogP contribution in [0.25, 0.3) is 0 Å². The highest BCUT2D eigenvalue weighted by atomic mass is 32.2. The number of benzene rings is 1. The van der Waals surface area contributed by atoms with Crippen LogP contribution < -0.4 is 0 Å². The summed E-state index contributed by atoms with van der Waals surface area (Å²) < 4.78 is 0. The average molecular weight is 257 g/mol. The number of aldehydes is 1. The first kappa shape index (κ1) is 12.8. The van der Waals surface area contributed by atoms with E-state index in [1.807, 2.05) is 6.07 Å². The highest BCUT2D eigenvalue weighted by Crippen LogP contribution is 2.27. The lowest BCUT2D eigenvalue weighted by Crippen LogP contribution is -1.87. The molecule has 0 atom stereocenters. The summed E-state index contributed by atoms with van der Waals surface area (Å²) in [7, 11) is 0. The number of carbonyl (C=O) groups excluding carboxylic acids is 1. The van der Waals surface area contributed by atoms with E-state index < -0.39 is 0 Å². The molecule has 1 aromatic carbocycles. The van der Waals surface area contributed by atoms with Crippen molar-refractivity contribution in [3.05, 3.63) is 53.7 Å². The average Bonchev–Trinajstić information content (AvgIpc) is 2.40. The first-order valence-electron chi connectivity index (χ1n) is 5.88. The maximum atomic E-state index is 10.5. The second kappa shape index (κ2) is 5.83.